The van der Waals surface area contributed by atoms with Crippen LogP contribution in [0.1, 0.15) is 43.4 Å². The second-order valence-electron chi connectivity index (χ2n) is 5.49. The van der Waals surface area contributed by atoms with Crippen LogP contribution in [0.15, 0.2) is 12.1 Å². The average Bonchev–Trinajstić information content (AvgIpc) is 2.36. The molecule has 2 nitrogen and oxygen atoms in total. The quantitative estimate of drug-likeness (QED) is 0.713. The Balaban J connectivity index is 2.34. The van der Waals surface area contributed by atoms with Crippen molar-refractivity contribution >= 4 is 0 Å². The molecule has 0 aliphatic heterocycles. The van der Waals surface area contributed by atoms with Gasteiger partial charge in [-0.3, -0.25) is 0 Å². The van der Waals surface area contributed by atoms with Gasteiger partial charge in [-0.2, -0.15) is 0 Å². The van der Waals surface area contributed by atoms with Crippen molar-refractivity contribution in [3.05, 3.63) is 28.8 Å². The maximum Gasteiger partial charge on any atom is 0.125 e. The minimum Gasteiger partial charge on any atom is -0.493 e. The normalized spacial score (nSPS) is 11.1. The number of unbranched alkanes of at least 4 members (excludes halogenated alkanes) is 1. The van der Waals surface area contributed by atoms with Gasteiger partial charge >= 0.3 is 0 Å². The Bertz CT molecular complexity index is 360. The third-order valence-corrected chi connectivity index (χ3v) is 3.78. The van der Waals surface area contributed by atoms with E-state index in [1.165, 1.54) is 42.7 Å². The van der Waals surface area contributed by atoms with Crippen LogP contribution in [0.2, 0.25) is 0 Å². The predicted octanol–water partition coefficient (Wildman–Crippen LogP) is 2.70. The monoisotopic (exact) mass is 264 g/mol. The van der Waals surface area contributed by atoms with Crippen LogP contribution in [0.25, 0.3) is 0 Å². The number of aryl methyl sites for hydroxylation is 3. The second kappa shape index (κ2) is 8.21. The Hall–Kier alpha value is -1.02. The van der Waals surface area contributed by atoms with E-state index in [4.69, 9.17) is 4.74 Å². The summed E-state index contributed by atoms with van der Waals surface area (Å²) >= 11 is 0. The molecule has 1 N–H and O–H groups in total. The fourth-order valence-electron chi connectivity index (χ4n) is 2.65. The third kappa shape index (κ3) is 5.23. The van der Waals surface area contributed by atoms with E-state index >= 15 is 0 Å². The molecule has 0 unspecified atom stereocenters. The van der Waals surface area contributed by atoms with Gasteiger partial charge in [-0.25, -0.2) is 0 Å². The lowest BCUT2D eigenvalue weighted by molar-refractivity contribution is -0.896. The molecule has 0 bridgehead atoms. The van der Waals surface area contributed by atoms with E-state index in [9.17, 15) is 0 Å². The fourth-order valence-corrected chi connectivity index (χ4v) is 2.65. The summed E-state index contributed by atoms with van der Waals surface area (Å²) < 4.78 is 5.96. The SMILES string of the molecule is CC[NH+](CC)CCCCOc1c(C)cc(C)cc1C. The molecule has 2 heteroatoms. The Morgan fingerprint density at radius 2 is 1.53 bits per heavy atom. The number of ether oxygens (including phenoxy) is 1. The molecule has 108 valence electrons. The summed E-state index contributed by atoms with van der Waals surface area (Å²) in [6.45, 7) is 15.5. The van der Waals surface area contributed by atoms with Crippen LogP contribution in [-0.4, -0.2) is 26.2 Å². The zero-order valence-electron chi connectivity index (χ0n) is 13.3. The lowest BCUT2D eigenvalue weighted by atomic mass is 10.1. The van der Waals surface area contributed by atoms with Gasteiger partial charge in [0, 0.05) is 0 Å². The van der Waals surface area contributed by atoms with Gasteiger partial charge in [0.15, 0.2) is 0 Å². The molecular weight excluding hydrogens is 234 g/mol. The highest BCUT2D eigenvalue weighted by Crippen LogP contribution is 2.24. The highest BCUT2D eigenvalue weighted by atomic mass is 16.5. The zero-order valence-corrected chi connectivity index (χ0v) is 13.3. The Labute approximate surface area is 118 Å². The average molecular weight is 264 g/mol. The van der Waals surface area contributed by atoms with Crippen LogP contribution in [0.3, 0.4) is 0 Å². The fraction of sp³-hybridized carbons (Fsp3) is 0.647. The van der Waals surface area contributed by atoms with Gasteiger partial charge in [-0.05, 0) is 58.6 Å². The van der Waals surface area contributed by atoms with Crippen molar-refractivity contribution in [2.24, 2.45) is 0 Å². The molecule has 1 rings (SSSR count). The van der Waals surface area contributed by atoms with Gasteiger partial charge in [-0.1, -0.05) is 17.7 Å². The predicted molar refractivity (Wildman–Crippen MR) is 82.3 cm³/mol. The maximum absolute atomic E-state index is 5.96. The van der Waals surface area contributed by atoms with Crippen LogP contribution < -0.4 is 9.64 Å². The van der Waals surface area contributed by atoms with E-state index in [-0.39, 0.29) is 0 Å². The van der Waals surface area contributed by atoms with E-state index in [0.29, 0.717) is 0 Å². The number of quaternary nitrogens is 1. The van der Waals surface area contributed by atoms with Crippen LogP contribution in [0.5, 0.6) is 5.75 Å². The molecule has 0 aliphatic carbocycles. The van der Waals surface area contributed by atoms with Gasteiger partial charge in [0.25, 0.3) is 0 Å². The first-order chi connectivity index (χ1) is 9.08. The minimum atomic E-state index is 0.839. The van der Waals surface area contributed by atoms with Crippen LogP contribution in [-0.2, 0) is 0 Å². The first-order valence-corrected chi connectivity index (χ1v) is 7.62. The van der Waals surface area contributed by atoms with Crippen LogP contribution >= 0.6 is 0 Å². The van der Waals surface area contributed by atoms with Crippen molar-refractivity contribution in [2.45, 2.75) is 47.5 Å². The molecule has 0 fully saturated rings. The summed E-state index contributed by atoms with van der Waals surface area (Å²) in [5.74, 6) is 1.08. The molecule has 0 spiro atoms. The molecule has 0 aromatic heterocycles. The summed E-state index contributed by atoms with van der Waals surface area (Å²) in [5.41, 5.74) is 3.83. The molecule has 0 heterocycles. The molecule has 0 saturated carbocycles. The molecule has 0 radical (unpaired) electrons. The molecule has 0 amide bonds. The van der Waals surface area contributed by atoms with E-state index in [2.05, 4.69) is 46.8 Å². The van der Waals surface area contributed by atoms with Gasteiger partial charge < -0.3 is 9.64 Å². The molecular formula is C17H30NO+. The van der Waals surface area contributed by atoms with Gasteiger partial charge in [-0.15, -0.1) is 0 Å². The van der Waals surface area contributed by atoms with E-state index < -0.39 is 0 Å². The summed E-state index contributed by atoms with van der Waals surface area (Å²) in [6, 6.07) is 4.39. The van der Waals surface area contributed by atoms with E-state index in [0.717, 1.165) is 18.8 Å². The Morgan fingerprint density at radius 3 is 2.05 bits per heavy atom. The van der Waals surface area contributed by atoms with Crippen molar-refractivity contribution < 1.29 is 9.64 Å². The first-order valence-electron chi connectivity index (χ1n) is 7.62. The molecule has 1 aromatic carbocycles. The summed E-state index contributed by atoms with van der Waals surface area (Å²) in [7, 11) is 0. The highest BCUT2D eigenvalue weighted by Gasteiger charge is 2.05. The van der Waals surface area contributed by atoms with Crippen LogP contribution in [0, 0.1) is 20.8 Å². The standard InChI is InChI=1S/C17H29NO/c1-6-18(7-2)10-8-9-11-19-17-15(4)12-14(3)13-16(17)5/h12-13H,6-11H2,1-5H3/p+1. The van der Waals surface area contributed by atoms with Crippen molar-refractivity contribution in [3.8, 4) is 5.75 Å². The zero-order chi connectivity index (χ0) is 14.3. The number of nitrogens with one attached hydrogen (secondary N) is 1. The van der Waals surface area contributed by atoms with Crippen molar-refractivity contribution in [1.82, 2.24) is 0 Å². The molecule has 19 heavy (non-hydrogen) atoms. The van der Waals surface area contributed by atoms with Gasteiger partial charge in [0.2, 0.25) is 0 Å². The largest absolute Gasteiger partial charge is 0.493 e. The highest BCUT2D eigenvalue weighted by molar-refractivity contribution is 5.42. The Morgan fingerprint density at radius 1 is 0.947 bits per heavy atom. The summed E-state index contributed by atoms with van der Waals surface area (Å²) in [4.78, 5) is 1.68. The smallest absolute Gasteiger partial charge is 0.125 e. The van der Waals surface area contributed by atoms with E-state index in [1.54, 1.807) is 4.90 Å². The lowest BCUT2D eigenvalue weighted by Gasteiger charge is -2.16. The van der Waals surface area contributed by atoms with Gasteiger partial charge in [0.05, 0.1) is 26.2 Å². The summed E-state index contributed by atoms with van der Waals surface area (Å²) in [6.07, 6.45) is 2.40. The number of hydrogen-bond acceptors (Lipinski definition) is 1. The van der Waals surface area contributed by atoms with Crippen molar-refractivity contribution in [1.29, 1.82) is 0 Å². The number of rotatable bonds is 8. The second-order valence-corrected chi connectivity index (χ2v) is 5.49. The topological polar surface area (TPSA) is 13.7 Å². The summed E-state index contributed by atoms with van der Waals surface area (Å²) in [5, 5.41) is 0. The first kappa shape index (κ1) is 16.0. The maximum atomic E-state index is 5.96. The molecule has 0 atom stereocenters. The minimum absolute atomic E-state index is 0.839. The molecule has 1 aromatic rings. The van der Waals surface area contributed by atoms with Gasteiger partial charge in [0.1, 0.15) is 5.75 Å². The third-order valence-electron chi connectivity index (χ3n) is 3.78. The van der Waals surface area contributed by atoms with E-state index in [1.807, 2.05) is 0 Å². The van der Waals surface area contributed by atoms with Crippen LogP contribution in [0.4, 0.5) is 0 Å². The van der Waals surface area contributed by atoms with Crippen molar-refractivity contribution in [2.75, 3.05) is 26.2 Å². The molecule has 0 saturated heterocycles. The Kier molecular flexibility index (Phi) is 6.93. The lowest BCUT2D eigenvalue weighted by Crippen LogP contribution is -3.11. The molecule has 0 aliphatic rings. The van der Waals surface area contributed by atoms with Crippen molar-refractivity contribution in [3.63, 3.8) is 0 Å². The number of hydrogen-bond donors (Lipinski definition) is 1. The number of benzene rings is 1.